The van der Waals surface area contributed by atoms with Crippen molar-refractivity contribution in [2.45, 2.75) is 12.5 Å². The number of nitrogens with one attached hydrogen (secondary N) is 1. The topological polar surface area (TPSA) is 21.3 Å². The van der Waals surface area contributed by atoms with Gasteiger partial charge in [-0.05, 0) is 68.6 Å². The summed E-state index contributed by atoms with van der Waals surface area (Å²) in [6.45, 7) is 0. The van der Waals surface area contributed by atoms with E-state index in [-0.39, 0.29) is 17.6 Å². The number of rotatable bonds is 5. The zero-order chi connectivity index (χ0) is 14.7. The Morgan fingerprint density at radius 3 is 2.70 bits per heavy atom. The third-order valence-corrected chi connectivity index (χ3v) is 5.48. The van der Waals surface area contributed by atoms with Gasteiger partial charge in [-0.25, -0.2) is 4.39 Å². The standard InChI is InChI=1S/C14H14Br2FNOS/c1-18-10(9-7-12(15)20-14(9)16)6-8-4-3-5-11(19-2)13(8)17/h3-5,7,10,18H,6H2,1-2H3. The van der Waals surface area contributed by atoms with Gasteiger partial charge in [0.25, 0.3) is 0 Å². The SMILES string of the molecule is CNC(Cc1cccc(OC)c1F)c1cc(Br)sc1Br. The number of hydrogen-bond donors (Lipinski definition) is 1. The van der Waals surface area contributed by atoms with Crippen LogP contribution < -0.4 is 10.1 Å². The average molecular weight is 423 g/mol. The van der Waals surface area contributed by atoms with Gasteiger partial charge in [-0.3, -0.25) is 0 Å². The lowest BCUT2D eigenvalue weighted by molar-refractivity contribution is 0.383. The normalized spacial score (nSPS) is 12.4. The Morgan fingerprint density at radius 2 is 2.15 bits per heavy atom. The predicted molar refractivity (Wildman–Crippen MR) is 88.2 cm³/mol. The number of likely N-dealkylation sites (N-methyl/N-ethyl adjacent to an activating group) is 1. The van der Waals surface area contributed by atoms with Crippen molar-refractivity contribution in [3.8, 4) is 5.75 Å². The van der Waals surface area contributed by atoms with Gasteiger partial charge in [0.05, 0.1) is 14.7 Å². The maximum atomic E-state index is 14.2. The molecule has 1 unspecified atom stereocenters. The molecule has 0 saturated heterocycles. The van der Waals surface area contributed by atoms with Gasteiger partial charge in [0.1, 0.15) is 0 Å². The second-order valence-electron chi connectivity index (χ2n) is 4.26. The van der Waals surface area contributed by atoms with Crippen LogP contribution in [0.4, 0.5) is 4.39 Å². The first-order valence-corrected chi connectivity index (χ1v) is 8.40. The van der Waals surface area contributed by atoms with Crippen LogP contribution in [0.15, 0.2) is 31.8 Å². The minimum Gasteiger partial charge on any atom is -0.494 e. The smallest absolute Gasteiger partial charge is 0.168 e. The molecule has 0 spiro atoms. The van der Waals surface area contributed by atoms with E-state index in [9.17, 15) is 4.39 Å². The molecule has 0 bridgehead atoms. The van der Waals surface area contributed by atoms with Gasteiger partial charge in [0.15, 0.2) is 11.6 Å². The molecule has 0 amide bonds. The van der Waals surface area contributed by atoms with Crippen LogP contribution in [-0.2, 0) is 6.42 Å². The predicted octanol–water partition coefficient (Wildman–Crippen LogP) is 4.92. The summed E-state index contributed by atoms with van der Waals surface area (Å²) in [5.74, 6) is -0.0106. The molecule has 6 heteroatoms. The first kappa shape index (κ1) is 15.9. The van der Waals surface area contributed by atoms with Gasteiger partial charge >= 0.3 is 0 Å². The zero-order valence-electron chi connectivity index (χ0n) is 11.0. The average Bonchev–Trinajstić information content (AvgIpc) is 2.76. The van der Waals surface area contributed by atoms with Crippen molar-refractivity contribution in [1.82, 2.24) is 5.32 Å². The number of thiophene rings is 1. The van der Waals surface area contributed by atoms with Crippen molar-refractivity contribution >= 4 is 43.2 Å². The van der Waals surface area contributed by atoms with Crippen LogP contribution in [0.3, 0.4) is 0 Å². The molecule has 0 fully saturated rings. The van der Waals surface area contributed by atoms with E-state index in [4.69, 9.17) is 4.74 Å². The second-order valence-corrected chi connectivity index (χ2v) is 8.01. The van der Waals surface area contributed by atoms with Gasteiger partial charge in [-0.2, -0.15) is 0 Å². The summed E-state index contributed by atoms with van der Waals surface area (Å²) in [4.78, 5) is 0. The number of ether oxygens (including phenoxy) is 1. The number of halogens is 3. The highest BCUT2D eigenvalue weighted by Gasteiger charge is 2.19. The fourth-order valence-electron chi connectivity index (χ4n) is 2.05. The lowest BCUT2D eigenvalue weighted by Crippen LogP contribution is -2.19. The molecule has 1 heterocycles. The monoisotopic (exact) mass is 421 g/mol. The second kappa shape index (κ2) is 7.02. The van der Waals surface area contributed by atoms with Crippen LogP contribution >= 0.6 is 43.2 Å². The molecule has 20 heavy (non-hydrogen) atoms. The van der Waals surface area contributed by atoms with Crippen LogP contribution in [0, 0.1) is 5.82 Å². The lowest BCUT2D eigenvalue weighted by Gasteiger charge is -2.17. The quantitative estimate of drug-likeness (QED) is 0.737. The van der Waals surface area contributed by atoms with Crippen molar-refractivity contribution in [2.75, 3.05) is 14.2 Å². The fraction of sp³-hybridized carbons (Fsp3) is 0.286. The Hall–Kier alpha value is -0.430. The summed E-state index contributed by atoms with van der Waals surface area (Å²) < 4.78 is 21.3. The summed E-state index contributed by atoms with van der Waals surface area (Å²) in [6.07, 6.45) is 0.557. The Labute approximate surface area is 138 Å². The largest absolute Gasteiger partial charge is 0.494 e. The van der Waals surface area contributed by atoms with Crippen molar-refractivity contribution in [3.63, 3.8) is 0 Å². The van der Waals surface area contributed by atoms with Crippen LogP contribution in [0.5, 0.6) is 5.75 Å². The summed E-state index contributed by atoms with van der Waals surface area (Å²) in [6, 6.07) is 7.31. The molecular weight excluding hydrogens is 409 g/mol. The van der Waals surface area contributed by atoms with Crippen LogP contribution in [0.25, 0.3) is 0 Å². The lowest BCUT2D eigenvalue weighted by atomic mass is 10.0. The molecule has 2 rings (SSSR count). The van der Waals surface area contributed by atoms with E-state index in [2.05, 4.69) is 37.2 Å². The maximum absolute atomic E-state index is 14.2. The van der Waals surface area contributed by atoms with Crippen LogP contribution in [-0.4, -0.2) is 14.2 Å². The molecule has 2 aromatic rings. The first-order valence-electron chi connectivity index (χ1n) is 6.00. The molecule has 1 N–H and O–H groups in total. The molecule has 0 aliphatic heterocycles. The van der Waals surface area contributed by atoms with Crippen molar-refractivity contribution in [2.24, 2.45) is 0 Å². The Morgan fingerprint density at radius 1 is 1.40 bits per heavy atom. The zero-order valence-corrected chi connectivity index (χ0v) is 15.0. The Bertz CT molecular complexity index is 603. The van der Waals surface area contributed by atoms with Crippen molar-refractivity contribution in [1.29, 1.82) is 0 Å². The van der Waals surface area contributed by atoms with E-state index >= 15 is 0 Å². The van der Waals surface area contributed by atoms with Crippen LogP contribution in [0.1, 0.15) is 17.2 Å². The van der Waals surface area contributed by atoms with Crippen molar-refractivity contribution in [3.05, 3.63) is 48.8 Å². The minimum absolute atomic E-state index is 0.0357. The molecule has 0 aliphatic carbocycles. The summed E-state index contributed by atoms with van der Waals surface area (Å²) >= 11 is 8.63. The van der Waals surface area contributed by atoms with Gasteiger partial charge in [0.2, 0.25) is 0 Å². The Kier molecular flexibility index (Phi) is 5.60. The van der Waals surface area contributed by atoms with E-state index < -0.39 is 0 Å². The first-order chi connectivity index (χ1) is 9.56. The number of benzene rings is 1. The van der Waals surface area contributed by atoms with Crippen LogP contribution in [0.2, 0.25) is 0 Å². The highest BCUT2D eigenvalue weighted by atomic mass is 79.9. The minimum atomic E-state index is -0.291. The highest BCUT2D eigenvalue weighted by molar-refractivity contribution is 9.12. The van der Waals surface area contributed by atoms with Gasteiger partial charge < -0.3 is 10.1 Å². The van der Waals surface area contributed by atoms with E-state index in [1.807, 2.05) is 19.2 Å². The maximum Gasteiger partial charge on any atom is 0.168 e. The van der Waals surface area contributed by atoms with Gasteiger partial charge in [-0.1, -0.05) is 12.1 Å². The number of hydrogen-bond acceptors (Lipinski definition) is 3. The Balaban J connectivity index is 2.29. The molecular formula is C14H14Br2FNOS. The van der Waals surface area contributed by atoms with Gasteiger partial charge in [0, 0.05) is 6.04 Å². The fourth-order valence-corrected chi connectivity index (χ4v) is 5.02. The molecule has 2 nitrogen and oxygen atoms in total. The molecule has 0 saturated carbocycles. The summed E-state index contributed by atoms with van der Waals surface area (Å²) in [5.41, 5.74) is 1.75. The molecule has 108 valence electrons. The summed E-state index contributed by atoms with van der Waals surface area (Å²) in [5, 5.41) is 3.23. The third kappa shape index (κ3) is 3.42. The van der Waals surface area contributed by atoms with E-state index in [0.717, 1.165) is 13.1 Å². The third-order valence-electron chi connectivity index (χ3n) is 3.09. The van der Waals surface area contributed by atoms with E-state index in [1.54, 1.807) is 23.5 Å². The number of methoxy groups -OCH3 is 1. The highest BCUT2D eigenvalue weighted by Crippen LogP contribution is 2.37. The van der Waals surface area contributed by atoms with E-state index in [1.165, 1.54) is 7.11 Å². The molecule has 1 aromatic heterocycles. The molecule has 1 atom stereocenters. The summed E-state index contributed by atoms with van der Waals surface area (Å²) in [7, 11) is 3.35. The molecule has 0 radical (unpaired) electrons. The molecule has 1 aromatic carbocycles. The molecule has 0 aliphatic rings. The van der Waals surface area contributed by atoms with E-state index in [0.29, 0.717) is 12.0 Å². The van der Waals surface area contributed by atoms with Gasteiger partial charge in [-0.15, -0.1) is 11.3 Å². The van der Waals surface area contributed by atoms with Crippen molar-refractivity contribution < 1.29 is 9.13 Å².